The summed E-state index contributed by atoms with van der Waals surface area (Å²) in [7, 11) is 5.24. The summed E-state index contributed by atoms with van der Waals surface area (Å²) in [6.07, 6.45) is 0.555. The minimum absolute atomic E-state index is 0.0638. The molecule has 6 heteroatoms. The van der Waals surface area contributed by atoms with Gasteiger partial charge >= 0.3 is 0 Å². The summed E-state index contributed by atoms with van der Waals surface area (Å²) in [5, 5.41) is 20.2. The van der Waals surface area contributed by atoms with Gasteiger partial charge in [0.2, 0.25) is 0 Å². The first-order chi connectivity index (χ1) is 9.84. The molecule has 2 rings (SSSR count). The number of aliphatic hydroxyl groups is 1. The first-order valence-electron chi connectivity index (χ1n) is 6.88. The van der Waals surface area contributed by atoms with Crippen molar-refractivity contribution >= 4 is 5.91 Å². The molecule has 0 bridgehead atoms. The third-order valence-corrected chi connectivity index (χ3v) is 3.66. The number of β-amino-alcohol motifs (C(OH)–C–C–N with tert-alkyl or cyclic N) is 1. The smallest absolute Gasteiger partial charge is 0.254 e. The largest absolute Gasteiger partial charge is 0.504 e. The number of ether oxygens (including phenoxy) is 1. The van der Waals surface area contributed by atoms with Gasteiger partial charge in [-0.15, -0.1) is 0 Å². The summed E-state index contributed by atoms with van der Waals surface area (Å²) in [6, 6.07) is 4.57. The Kier molecular flexibility index (Phi) is 4.39. The molecule has 0 aromatic heterocycles. The van der Waals surface area contributed by atoms with Gasteiger partial charge in [0.15, 0.2) is 11.5 Å². The van der Waals surface area contributed by atoms with Crippen LogP contribution in [0.5, 0.6) is 11.5 Å². The standard InChI is InChI=1S/C15H22N2O4/c1-16(2)9-15(20)6-7-17(10-15)14(19)11-4-5-13(21-3)12(18)8-11/h4-5,8,18,20H,6-7,9-10H2,1-3H3/t15-/m1/s1. The van der Waals surface area contributed by atoms with Crippen LogP contribution in [0.4, 0.5) is 0 Å². The van der Waals surface area contributed by atoms with Crippen molar-refractivity contribution in [2.45, 2.75) is 12.0 Å². The lowest BCUT2D eigenvalue weighted by Crippen LogP contribution is -2.43. The van der Waals surface area contributed by atoms with Crippen LogP contribution in [0.15, 0.2) is 18.2 Å². The molecular formula is C15H22N2O4. The molecule has 1 atom stereocenters. The zero-order chi connectivity index (χ0) is 15.6. The zero-order valence-electron chi connectivity index (χ0n) is 12.7. The first-order valence-corrected chi connectivity index (χ1v) is 6.88. The van der Waals surface area contributed by atoms with Crippen LogP contribution in [0.1, 0.15) is 16.8 Å². The average Bonchev–Trinajstić information content (AvgIpc) is 2.79. The average molecular weight is 294 g/mol. The van der Waals surface area contributed by atoms with Crippen LogP contribution in [0.25, 0.3) is 0 Å². The minimum Gasteiger partial charge on any atom is -0.504 e. The van der Waals surface area contributed by atoms with Gasteiger partial charge in [-0.3, -0.25) is 4.79 Å². The second-order valence-corrected chi connectivity index (χ2v) is 5.83. The number of likely N-dealkylation sites (N-methyl/N-ethyl adjacent to an activating group) is 1. The van der Waals surface area contributed by atoms with E-state index in [0.29, 0.717) is 37.4 Å². The van der Waals surface area contributed by atoms with Gasteiger partial charge in [-0.1, -0.05) is 0 Å². The summed E-state index contributed by atoms with van der Waals surface area (Å²) >= 11 is 0. The number of carbonyl (C=O) groups is 1. The molecule has 0 unspecified atom stereocenters. The fourth-order valence-electron chi connectivity index (χ4n) is 2.75. The fraction of sp³-hybridized carbons (Fsp3) is 0.533. The Balaban J connectivity index is 2.09. The molecule has 1 heterocycles. The highest BCUT2D eigenvalue weighted by molar-refractivity contribution is 5.95. The van der Waals surface area contributed by atoms with Crippen molar-refractivity contribution < 1.29 is 19.7 Å². The van der Waals surface area contributed by atoms with Crippen LogP contribution in [0.3, 0.4) is 0 Å². The first kappa shape index (κ1) is 15.6. The second-order valence-electron chi connectivity index (χ2n) is 5.83. The Morgan fingerprint density at radius 1 is 1.48 bits per heavy atom. The number of methoxy groups -OCH3 is 1. The second kappa shape index (κ2) is 5.91. The van der Waals surface area contributed by atoms with Gasteiger partial charge in [0, 0.05) is 18.7 Å². The van der Waals surface area contributed by atoms with E-state index >= 15 is 0 Å². The molecule has 0 radical (unpaired) electrons. The summed E-state index contributed by atoms with van der Waals surface area (Å²) in [5.74, 6) is 0.0748. The van der Waals surface area contributed by atoms with E-state index in [-0.39, 0.29) is 11.7 Å². The van der Waals surface area contributed by atoms with E-state index in [1.807, 2.05) is 19.0 Å². The van der Waals surface area contributed by atoms with Crippen molar-refractivity contribution in [2.75, 3.05) is 40.8 Å². The number of amides is 1. The lowest BCUT2D eigenvalue weighted by Gasteiger charge is -2.26. The SMILES string of the molecule is COc1ccc(C(=O)N2CC[C@@](O)(CN(C)C)C2)cc1O. The predicted molar refractivity (Wildman–Crippen MR) is 78.7 cm³/mol. The molecule has 1 saturated heterocycles. The van der Waals surface area contributed by atoms with Crippen molar-refractivity contribution in [2.24, 2.45) is 0 Å². The summed E-state index contributed by atoms with van der Waals surface area (Å²) < 4.78 is 4.96. The van der Waals surface area contributed by atoms with E-state index in [1.165, 1.54) is 13.2 Å². The summed E-state index contributed by atoms with van der Waals surface area (Å²) in [5.41, 5.74) is -0.476. The summed E-state index contributed by atoms with van der Waals surface area (Å²) in [6.45, 7) is 1.33. The normalized spacial score (nSPS) is 21.9. The summed E-state index contributed by atoms with van der Waals surface area (Å²) in [4.78, 5) is 15.9. The molecule has 1 amide bonds. The molecule has 0 spiro atoms. The van der Waals surface area contributed by atoms with Crippen LogP contribution in [-0.4, -0.2) is 72.4 Å². The van der Waals surface area contributed by atoms with E-state index in [1.54, 1.807) is 17.0 Å². The number of benzene rings is 1. The number of rotatable bonds is 4. The van der Waals surface area contributed by atoms with Crippen molar-refractivity contribution in [3.05, 3.63) is 23.8 Å². The number of hydrogen-bond donors (Lipinski definition) is 2. The van der Waals surface area contributed by atoms with Crippen LogP contribution >= 0.6 is 0 Å². The van der Waals surface area contributed by atoms with E-state index < -0.39 is 5.60 Å². The number of aromatic hydroxyl groups is 1. The fourth-order valence-corrected chi connectivity index (χ4v) is 2.75. The highest BCUT2D eigenvalue weighted by atomic mass is 16.5. The molecule has 1 aliphatic rings. The van der Waals surface area contributed by atoms with Crippen molar-refractivity contribution in [3.63, 3.8) is 0 Å². The highest BCUT2D eigenvalue weighted by Crippen LogP contribution is 2.28. The van der Waals surface area contributed by atoms with Crippen molar-refractivity contribution in [3.8, 4) is 11.5 Å². The molecule has 21 heavy (non-hydrogen) atoms. The Morgan fingerprint density at radius 2 is 2.19 bits per heavy atom. The highest BCUT2D eigenvalue weighted by Gasteiger charge is 2.38. The topological polar surface area (TPSA) is 73.2 Å². The number of carbonyl (C=O) groups excluding carboxylic acids is 1. The van der Waals surface area contributed by atoms with Gasteiger partial charge in [-0.25, -0.2) is 0 Å². The maximum absolute atomic E-state index is 12.4. The Labute approximate surface area is 124 Å². The van der Waals surface area contributed by atoms with E-state index in [9.17, 15) is 15.0 Å². The van der Waals surface area contributed by atoms with Gasteiger partial charge in [0.1, 0.15) is 0 Å². The van der Waals surface area contributed by atoms with E-state index in [4.69, 9.17) is 4.74 Å². The number of nitrogens with zero attached hydrogens (tertiary/aromatic N) is 2. The molecule has 1 fully saturated rings. The maximum Gasteiger partial charge on any atom is 0.254 e. The predicted octanol–water partition coefficient (Wildman–Crippen LogP) is 0.539. The molecule has 0 aliphatic carbocycles. The molecule has 0 saturated carbocycles. The third-order valence-electron chi connectivity index (χ3n) is 3.66. The molecule has 1 aromatic carbocycles. The quantitative estimate of drug-likeness (QED) is 0.848. The third kappa shape index (κ3) is 3.46. The lowest BCUT2D eigenvalue weighted by molar-refractivity contribution is 0.0236. The lowest BCUT2D eigenvalue weighted by atomic mass is 10.0. The van der Waals surface area contributed by atoms with Gasteiger partial charge in [-0.2, -0.15) is 0 Å². The Bertz CT molecular complexity index is 532. The van der Waals surface area contributed by atoms with Crippen LogP contribution in [0.2, 0.25) is 0 Å². The van der Waals surface area contributed by atoms with Crippen molar-refractivity contribution in [1.82, 2.24) is 9.80 Å². The number of phenols is 1. The van der Waals surface area contributed by atoms with E-state index in [0.717, 1.165) is 0 Å². The Morgan fingerprint density at radius 3 is 2.76 bits per heavy atom. The van der Waals surface area contributed by atoms with Crippen LogP contribution in [0, 0.1) is 0 Å². The molecule has 116 valence electrons. The number of phenolic OH excluding ortho intramolecular Hbond substituents is 1. The van der Waals surface area contributed by atoms with Crippen LogP contribution < -0.4 is 4.74 Å². The van der Waals surface area contributed by atoms with E-state index in [2.05, 4.69) is 0 Å². The van der Waals surface area contributed by atoms with Crippen molar-refractivity contribution in [1.29, 1.82) is 0 Å². The molecule has 1 aromatic rings. The number of hydrogen-bond acceptors (Lipinski definition) is 5. The maximum atomic E-state index is 12.4. The van der Waals surface area contributed by atoms with Crippen LogP contribution in [-0.2, 0) is 0 Å². The van der Waals surface area contributed by atoms with Gasteiger partial charge in [0.25, 0.3) is 5.91 Å². The zero-order valence-corrected chi connectivity index (χ0v) is 12.7. The molecule has 6 nitrogen and oxygen atoms in total. The van der Waals surface area contributed by atoms with Gasteiger partial charge < -0.3 is 24.7 Å². The molecule has 2 N–H and O–H groups in total. The number of likely N-dealkylation sites (tertiary alicyclic amines) is 1. The molecule has 1 aliphatic heterocycles. The van der Waals surface area contributed by atoms with Gasteiger partial charge in [0.05, 0.1) is 19.3 Å². The Hall–Kier alpha value is -1.79. The minimum atomic E-state index is -0.867. The monoisotopic (exact) mass is 294 g/mol. The van der Waals surface area contributed by atoms with Gasteiger partial charge in [-0.05, 0) is 38.7 Å². The molecular weight excluding hydrogens is 272 g/mol.